The zero-order chi connectivity index (χ0) is 55.7. The van der Waals surface area contributed by atoms with Gasteiger partial charge < -0.3 is 79.0 Å². The molecule has 0 saturated heterocycles. The van der Waals surface area contributed by atoms with Gasteiger partial charge in [0.15, 0.2) is 0 Å². The third-order valence-corrected chi connectivity index (χ3v) is 19.6. The maximum atomic E-state index is 11.5. The minimum atomic E-state index is -4.89. The van der Waals surface area contributed by atoms with Crippen molar-refractivity contribution in [3.8, 4) is 0 Å². The molecule has 27 heteroatoms. The van der Waals surface area contributed by atoms with E-state index in [0.29, 0.717) is 17.4 Å². The van der Waals surface area contributed by atoms with E-state index in [1.54, 1.807) is 0 Å². The van der Waals surface area contributed by atoms with Crippen LogP contribution in [0.5, 0.6) is 0 Å². The molecule has 440 valence electrons. The van der Waals surface area contributed by atoms with Crippen molar-refractivity contribution >= 4 is 38.9 Å². The summed E-state index contributed by atoms with van der Waals surface area (Å²) in [6.45, 7) is -3.73. The molecule has 0 radical (unpaired) electrons. The average molecular weight is 1140 g/mol. The van der Waals surface area contributed by atoms with Crippen LogP contribution in [0.15, 0.2) is 0 Å². The van der Waals surface area contributed by atoms with Crippen LogP contribution in [0.3, 0.4) is 0 Å². The maximum Gasteiger partial charge on any atom is 0.338 e. The van der Waals surface area contributed by atoms with Gasteiger partial charge in [0.2, 0.25) is 0 Å². The lowest BCUT2D eigenvalue weighted by atomic mass is 9.81. The van der Waals surface area contributed by atoms with Gasteiger partial charge in [-0.2, -0.15) is 8.42 Å². The summed E-state index contributed by atoms with van der Waals surface area (Å²) in [6.07, 6.45) is 14.3. The number of unbranched alkanes of at least 4 members (excludes halogenated alkanes) is 15. The van der Waals surface area contributed by atoms with E-state index in [2.05, 4.69) is 31.7 Å². The fraction of sp³-hybridized carbons (Fsp3) is 1.00. The summed E-state index contributed by atoms with van der Waals surface area (Å²) in [5.41, 5.74) is -5.11. The number of nitrogens with zero attached hydrogens (tertiary/aromatic N) is 1. The number of aliphatic hydroxyl groups excluding tert-OH is 9. The number of quaternary nitrogens is 1. The summed E-state index contributed by atoms with van der Waals surface area (Å²) >= 11 is 0. The van der Waals surface area contributed by atoms with Crippen LogP contribution in [0.1, 0.15) is 135 Å². The lowest BCUT2D eigenvalue weighted by Gasteiger charge is -2.42. The first-order valence-corrected chi connectivity index (χ1v) is 33.2. The van der Waals surface area contributed by atoms with Gasteiger partial charge in [-0.05, 0) is 50.6 Å². The van der Waals surface area contributed by atoms with Crippen LogP contribution in [0.25, 0.3) is 0 Å². The van der Waals surface area contributed by atoms with E-state index in [-0.39, 0.29) is 31.4 Å². The lowest BCUT2D eigenvalue weighted by Crippen LogP contribution is -2.62. The van der Waals surface area contributed by atoms with E-state index in [4.69, 9.17) is 8.85 Å². The molecule has 0 amide bonds. The van der Waals surface area contributed by atoms with Gasteiger partial charge in [-0.3, -0.25) is 4.55 Å². The molecule has 12 N–H and O–H groups in total. The molecular formula is C46H98N3O20S3Si-. The second-order valence-electron chi connectivity index (χ2n) is 21.2. The smallest absolute Gasteiger partial charge is 0.338 e. The van der Waals surface area contributed by atoms with Crippen molar-refractivity contribution in [2.75, 3.05) is 110 Å². The van der Waals surface area contributed by atoms with Crippen molar-refractivity contribution in [1.29, 1.82) is 0 Å². The van der Waals surface area contributed by atoms with Crippen molar-refractivity contribution in [3.05, 3.63) is 0 Å². The van der Waals surface area contributed by atoms with E-state index in [9.17, 15) is 84.9 Å². The highest BCUT2D eigenvalue weighted by Gasteiger charge is 2.46. The van der Waals surface area contributed by atoms with Crippen LogP contribution in [0.4, 0.5) is 0 Å². The Kier molecular flexibility index (Phi) is 37.0. The second kappa shape index (κ2) is 37.3. The molecule has 0 saturated carbocycles. The van der Waals surface area contributed by atoms with Gasteiger partial charge in [0.1, 0.15) is 5.75 Å². The molecule has 0 aliphatic carbocycles. The monoisotopic (exact) mass is 1140 g/mol. The Hall–Kier alpha value is -0.613. The normalized spacial score (nSPS) is 15.7. The highest BCUT2D eigenvalue weighted by molar-refractivity contribution is 7.86. The number of hydrogen-bond acceptors (Lipinski definition) is 21. The summed E-state index contributed by atoms with van der Waals surface area (Å²) < 4.78 is 114. The molecule has 0 fully saturated rings. The predicted molar refractivity (Wildman–Crippen MR) is 277 cm³/mol. The first-order chi connectivity index (χ1) is 34.1. The molecule has 0 heterocycles. The summed E-state index contributed by atoms with van der Waals surface area (Å²) in [6, 6.07) is -0.0428. The summed E-state index contributed by atoms with van der Waals surface area (Å²) in [7, 11) is -14.3. The topological polar surface area (TPSA) is 393 Å². The van der Waals surface area contributed by atoms with Gasteiger partial charge in [-0.15, -0.1) is 0 Å². The molecule has 0 aromatic heterocycles. The van der Waals surface area contributed by atoms with Gasteiger partial charge in [0.05, 0.1) is 141 Å². The quantitative estimate of drug-likeness (QED) is 0.0165. The van der Waals surface area contributed by atoms with Gasteiger partial charge >= 0.3 is 8.56 Å². The third kappa shape index (κ3) is 35.5. The first-order valence-electron chi connectivity index (χ1n) is 26.2. The number of rotatable bonds is 51. The molecule has 0 aromatic rings. The molecule has 0 spiro atoms. The second-order valence-corrected chi connectivity index (χ2v) is 29.0. The molecule has 4 unspecified atom stereocenters. The lowest BCUT2D eigenvalue weighted by molar-refractivity contribution is -0.890. The van der Waals surface area contributed by atoms with Gasteiger partial charge in [0.25, 0.3) is 10.1 Å². The molecule has 0 bridgehead atoms. The van der Waals surface area contributed by atoms with Crippen molar-refractivity contribution in [3.63, 3.8) is 0 Å². The Morgan fingerprint density at radius 2 is 0.890 bits per heavy atom. The summed E-state index contributed by atoms with van der Waals surface area (Å²) in [5, 5.41) is 100. The Morgan fingerprint density at radius 1 is 0.521 bits per heavy atom. The van der Waals surface area contributed by atoms with E-state index < -0.39 is 157 Å². The molecule has 0 aliphatic heterocycles. The van der Waals surface area contributed by atoms with E-state index in [0.717, 1.165) is 32.2 Å². The van der Waals surface area contributed by atoms with Gasteiger partial charge in [-0.1, -0.05) is 96.8 Å². The highest BCUT2D eigenvalue weighted by Crippen LogP contribution is 2.36. The molecule has 0 rings (SSSR count). The zero-order valence-corrected chi connectivity index (χ0v) is 47.6. The minimum Gasteiger partial charge on any atom is -0.748 e. The molecular weight excluding hydrogens is 1040 g/mol. The average Bonchev–Trinajstić information content (AvgIpc) is 3.30. The Balaban J connectivity index is 6.61. The Morgan fingerprint density at radius 3 is 1.26 bits per heavy atom. The van der Waals surface area contributed by atoms with Crippen molar-refractivity contribution in [2.45, 2.75) is 177 Å². The molecule has 0 aromatic carbocycles. The Labute approximate surface area is 438 Å². The molecule has 0 aliphatic rings. The van der Waals surface area contributed by atoms with Crippen LogP contribution in [0.2, 0.25) is 12.1 Å². The van der Waals surface area contributed by atoms with Crippen LogP contribution in [0, 0.1) is 5.41 Å². The number of nitrogens with one attached hydrogen (secondary N) is 2. The summed E-state index contributed by atoms with van der Waals surface area (Å²) in [5.74, 6) is -3.41. The van der Waals surface area contributed by atoms with Crippen molar-refractivity contribution < 1.29 is 98.2 Å². The van der Waals surface area contributed by atoms with Gasteiger partial charge in [-0.25, -0.2) is 16.8 Å². The highest BCUT2D eigenvalue weighted by atomic mass is 32.2. The molecule has 4 atom stereocenters. The maximum absolute atomic E-state index is 11.5. The molecule has 23 nitrogen and oxygen atoms in total. The largest absolute Gasteiger partial charge is 0.748 e. The Bertz CT molecular complexity index is 1590. The fourth-order valence-corrected chi connectivity index (χ4v) is 14.0. The van der Waals surface area contributed by atoms with Crippen molar-refractivity contribution in [1.82, 2.24) is 10.6 Å². The molecule has 73 heavy (non-hydrogen) atoms. The number of aliphatic hydroxyl groups is 9. The fourth-order valence-electron chi connectivity index (χ4n) is 8.58. The van der Waals surface area contributed by atoms with Crippen LogP contribution < -0.4 is 10.6 Å². The van der Waals surface area contributed by atoms with Crippen molar-refractivity contribution in [2.24, 2.45) is 5.41 Å². The first kappa shape index (κ1) is 72.4. The standard InChI is InChI=1S/C46H99N3O20S3Si/c1-4-5-6-7-8-9-10-11-12-13-14-15-16-17-18-19-24-49(2,3)25-20-26-73(27-23-44(33-50,34-51)22-21-41(56)30-70(59,60)61,68-39-45(35-52,36-53)47-28-42(57)31-71(62,63)64)69-40-46(37-54,38-55)48-29-43(58)32-72(65,66)67/h41-43,47-48,50-58H,4-40H2,1-3H3,(H2-,59,60,61,62,63,64,65,66,67)/p-1. The number of β-amino-alcohol motifs (C(OH)–C–C–N with tert-alkyl or cyclic N) is 2. The van der Waals surface area contributed by atoms with E-state index >= 15 is 0 Å². The zero-order valence-electron chi connectivity index (χ0n) is 44.1. The van der Waals surface area contributed by atoms with E-state index in [1.165, 1.54) is 77.0 Å². The predicted octanol–water partition coefficient (Wildman–Crippen LogP) is 0.0180. The van der Waals surface area contributed by atoms with E-state index in [1.807, 2.05) is 0 Å². The SMILES string of the molecule is CCCCCCCCCCCCCCCCCC[N+](C)(C)CCC[Si](CCC(CO)(CO)CCC(O)CS(=O)(=O)[O-])(OCC(CO)(CO)NCC(O)CS(=O)(=O)[O-])OCC(CO)(CO)NCC(O)CS(=O)(=O)O. The van der Waals surface area contributed by atoms with Crippen LogP contribution in [-0.4, -0.2) is 238 Å². The number of hydrogen-bond donors (Lipinski definition) is 12. The summed E-state index contributed by atoms with van der Waals surface area (Å²) in [4.78, 5) is 0. The third-order valence-electron chi connectivity index (χ3n) is 13.7. The van der Waals surface area contributed by atoms with Crippen LogP contribution >= 0.6 is 0 Å². The minimum absolute atomic E-state index is 0.0972. The van der Waals surface area contributed by atoms with Gasteiger partial charge in [0, 0.05) is 18.5 Å². The van der Waals surface area contributed by atoms with Crippen LogP contribution in [-0.2, 0) is 39.2 Å².